The van der Waals surface area contributed by atoms with E-state index in [1.54, 1.807) is 0 Å². The molecule has 176 valence electrons. The Kier molecular flexibility index (Phi) is 8.73. The summed E-state index contributed by atoms with van der Waals surface area (Å²) in [5.74, 6) is -0.392. The van der Waals surface area contributed by atoms with Crippen molar-refractivity contribution >= 4 is 17.9 Å². The average molecular weight is 437 g/mol. The first-order valence-corrected chi connectivity index (χ1v) is 11.6. The van der Waals surface area contributed by atoms with Gasteiger partial charge in [0.2, 0.25) is 0 Å². The van der Waals surface area contributed by atoms with E-state index in [4.69, 9.17) is 9.47 Å². The van der Waals surface area contributed by atoms with Crippen LogP contribution in [-0.2, 0) is 28.6 Å². The minimum absolute atomic E-state index is 0.0402. The number of ether oxygens (including phenoxy) is 3. The first-order chi connectivity index (χ1) is 14.6. The van der Waals surface area contributed by atoms with Gasteiger partial charge >= 0.3 is 17.9 Å². The number of rotatable bonds is 9. The second-order valence-electron chi connectivity index (χ2n) is 9.90. The Hall–Kier alpha value is -1.85. The van der Waals surface area contributed by atoms with Gasteiger partial charge in [-0.15, -0.1) is 0 Å². The normalized spacial score (nSPS) is 31.1. The average Bonchev–Trinajstić information content (AvgIpc) is 2.76. The minimum atomic E-state index is -0.406. The standard InChI is InChI=1S/C25H40O6/c1-17(23(28)30-6)12-14-25(4)19(16-31-22(27)11-10-21(26)29-5)13-15-24(3)18(2)8-7-9-20(24)25/h8,17,19-20H,7,9-16H2,1-6H3. The smallest absolute Gasteiger partial charge is 0.308 e. The van der Waals surface area contributed by atoms with Crippen molar-refractivity contribution in [2.45, 2.75) is 79.1 Å². The van der Waals surface area contributed by atoms with E-state index in [1.165, 1.54) is 19.8 Å². The van der Waals surface area contributed by atoms with E-state index >= 15 is 0 Å². The Morgan fingerprint density at radius 2 is 1.77 bits per heavy atom. The highest BCUT2D eigenvalue weighted by Crippen LogP contribution is 2.62. The first kappa shape index (κ1) is 25.4. The zero-order chi connectivity index (χ0) is 23.2. The second kappa shape index (κ2) is 10.6. The lowest BCUT2D eigenvalue weighted by Crippen LogP contribution is -2.51. The van der Waals surface area contributed by atoms with Gasteiger partial charge in [0.25, 0.3) is 0 Å². The SMILES string of the molecule is COC(=O)CCC(=O)OCC1CCC2(C)C(C)=CCCC2C1(C)CCC(C)C(=O)OC. The van der Waals surface area contributed by atoms with E-state index in [9.17, 15) is 14.4 Å². The van der Waals surface area contributed by atoms with Crippen LogP contribution in [0, 0.1) is 28.6 Å². The summed E-state index contributed by atoms with van der Waals surface area (Å²) in [4.78, 5) is 35.5. The fraction of sp³-hybridized carbons (Fsp3) is 0.800. The largest absolute Gasteiger partial charge is 0.469 e. The van der Waals surface area contributed by atoms with Crippen LogP contribution in [0.5, 0.6) is 0 Å². The fourth-order valence-electron chi connectivity index (χ4n) is 5.88. The van der Waals surface area contributed by atoms with Crippen molar-refractivity contribution in [3.05, 3.63) is 11.6 Å². The van der Waals surface area contributed by atoms with Crippen molar-refractivity contribution in [2.24, 2.45) is 28.6 Å². The van der Waals surface area contributed by atoms with Gasteiger partial charge in [-0.25, -0.2) is 0 Å². The fourth-order valence-corrected chi connectivity index (χ4v) is 5.88. The molecule has 0 N–H and O–H groups in total. The summed E-state index contributed by atoms with van der Waals surface area (Å²) in [6, 6.07) is 0. The number of hydrogen-bond donors (Lipinski definition) is 0. The number of carbonyl (C=O) groups is 3. The summed E-state index contributed by atoms with van der Waals surface area (Å²) < 4.78 is 15.2. The highest BCUT2D eigenvalue weighted by Gasteiger charge is 2.54. The van der Waals surface area contributed by atoms with Crippen molar-refractivity contribution in [1.82, 2.24) is 0 Å². The number of allylic oxidation sites excluding steroid dienone is 2. The van der Waals surface area contributed by atoms with Gasteiger partial charge in [-0.05, 0) is 68.1 Å². The molecule has 0 bridgehead atoms. The number of methoxy groups -OCH3 is 2. The van der Waals surface area contributed by atoms with Gasteiger partial charge < -0.3 is 14.2 Å². The van der Waals surface area contributed by atoms with Crippen molar-refractivity contribution in [2.75, 3.05) is 20.8 Å². The number of carbonyl (C=O) groups excluding carboxylic acids is 3. The van der Waals surface area contributed by atoms with Gasteiger partial charge in [-0.3, -0.25) is 14.4 Å². The van der Waals surface area contributed by atoms with Crippen LogP contribution in [0.15, 0.2) is 11.6 Å². The van der Waals surface area contributed by atoms with E-state index in [0.717, 1.165) is 38.5 Å². The summed E-state index contributed by atoms with van der Waals surface area (Å²) in [5.41, 5.74) is 1.56. The summed E-state index contributed by atoms with van der Waals surface area (Å²) in [6.45, 7) is 9.23. The lowest BCUT2D eigenvalue weighted by Gasteiger charge is -2.58. The van der Waals surface area contributed by atoms with Gasteiger partial charge in [0.15, 0.2) is 0 Å². The van der Waals surface area contributed by atoms with Crippen LogP contribution < -0.4 is 0 Å². The van der Waals surface area contributed by atoms with E-state index in [-0.39, 0.29) is 47.4 Å². The van der Waals surface area contributed by atoms with Crippen LogP contribution in [0.3, 0.4) is 0 Å². The Balaban J connectivity index is 2.15. The molecule has 6 nitrogen and oxygen atoms in total. The molecule has 31 heavy (non-hydrogen) atoms. The Morgan fingerprint density at radius 3 is 2.42 bits per heavy atom. The van der Waals surface area contributed by atoms with E-state index in [2.05, 4.69) is 31.6 Å². The summed E-state index contributed by atoms with van der Waals surface area (Å²) in [7, 11) is 2.75. The maximum Gasteiger partial charge on any atom is 0.308 e. The molecule has 0 aromatic heterocycles. The number of hydrogen-bond acceptors (Lipinski definition) is 6. The Labute approximate surface area is 187 Å². The van der Waals surface area contributed by atoms with Gasteiger partial charge in [0.05, 0.1) is 39.6 Å². The Bertz CT molecular complexity index is 698. The maximum atomic E-state index is 12.2. The molecule has 1 saturated carbocycles. The van der Waals surface area contributed by atoms with E-state index in [0.29, 0.717) is 12.5 Å². The van der Waals surface area contributed by atoms with Crippen LogP contribution in [0.2, 0.25) is 0 Å². The topological polar surface area (TPSA) is 78.9 Å². The van der Waals surface area contributed by atoms with Crippen LogP contribution in [0.1, 0.15) is 79.1 Å². The quantitative estimate of drug-likeness (QED) is 0.292. The number of esters is 3. The molecule has 0 aliphatic heterocycles. The first-order valence-electron chi connectivity index (χ1n) is 11.6. The zero-order valence-electron chi connectivity index (χ0n) is 20.1. The monoisotopic (exact) mass is 436 g/mol. The molecule has 2 rings (SSSR count). The lowest BCUT2D eigenvalue weighted by molar-refractivity contribution is -0.154. The molecule has 2 aliphatic carbocycles. The molecule has 0 heterocycles. The predicted octanol–water partition coefficient (Wildman–Crippen LogP) is 4.85. The molecular weight excluding hydrogens is 396 g/mol. The minimum Gasteiger partial charge on any atom is -0.469 e. The summed E-state index contributed by atoms with van der Waals surface area (Å²) >= 11 is 0. The molecule has 6 heteroatoms. The third kappa shape index (κ3) is 5.69. The molecule has 2 aliphatic rings. The molecule has 0 aromatic carbocycles. The molecule has 0 aromatic rings. The second-order valence-corrected chi connectivity index (χ2v) is 9.90. The maximum absolute atomic E-state index is 12.2. The van der Waals surface area contributed by atoms with Crippen molar-refractivity contribution in [3.8, 4) is 0 Å². The van der Waals surface area contributed by atoms with Crippen molar-refractivity contribution in [3.63, 3.8) is 0 Å². The number of fused-ring (bicyclic) bond motifs is 1. The van der Waals surface area contributed by atoms with Crippen molar-refractivity contribution in [1.29, 1.82) is 0 Å². The lowest BCUT2D eigenvalue weighted by atomic mass is 9.46. The van der Waals surface area contributed by atoms with Crippen molar-refractivity contribution < 1.29 is 28.6 Å². The molecular formula is C25H40O6. The molecule has 0 radical (unpaired) electrons. The van der Waals surface area contributed by atoms with E-state index in [1.807, 2.05) is 6.92 Å². The molecule has 5 atom stereocenters. The van der Waals surface area contributed by atoms with Crippen LogP contribution in [0.4, 0.5) is 0 Å². The zero-order valence-corrected chi connectivity index (χ0v) is 20.1. The molecule has 5 unspecified atom stereocenters. The van der Waals surface area contributed by atoms with E-state index < -0.39 is 5.97 Å². The highest BCUT2D eigenvalue weighted by molar-refractivity contribution is 5.77. The highest BCUT2D eigenvalue weighted by atomic mass is 16.5. The molecule has 0 spiro atoms. The third-order valence-electron chi connectivity index (χ3n) is 8.24. The summed E-state index contributed by atoms with van der Waals surface area (Å²) in [6.07, 6.45) is 8.34. The van der Waals surface area contributed by atoms with Crippen LogP contribution in [0.25, 0.3) is 0 Å². The van der Waals surface area contributed by atoms with Crippen LogP contribution in [-0.4, -0.2) is 38.7 Å². The molecule has 1 fully saturated rings. The van der Waals surface area contributed by atoms with Gasteiger partial charge in [0.1, 0.15) is 0 Å². The summed E-state index contributed by atoms with van der Waals surface area (Å²) in [5, 5.41) is 0. The van der Waals surface area contributed by atoms with Gasteiger partial charge in [-0.1, -0.05) is 32.4 Å². The predicted molar refractivity (Wildman–Crippen MR) is 118 cm³/mol. The third-order valence-corrected chi connectivity index (χ3v) is 8.24. The molecule has 0 saturated heterocycles. The van der Waals surface area contributed by atoms with Gasteiger partial charge in [0, 0.05) is 0 Å². The van der Waals surface area contributed by atoms with Crippen LogP contribution >= 0.6 is 0 Å². The Morgan fingerprint density at radius 1 is 1.10 bits per heavy atom. The van der Waals surface area contributed by atoms with Gasteiger partial charge in [-0.2, -0.15) is 0 Å². The molecule has 0 amide bonds.